The van der Waals surface area contributed by atoms with Gasteiger partial charge < -0.3 is 15.0 Å². The summed E-state index contributed by atoms with van der Waals surface area (Å²) in [5, 5.41) is 2.66. The third kappa shape index (κ3) is 5.80. The van der Waals surface area contributed by atoms with Crippen molar-refractivity contribution in [2.75, 3.05) is 23.9 Å². The molecule has 1 aliphatic rings. The molecule has 0 aliphatic carbocycles. The van der Waals surface area contributed by atoms with E-state index in [2.05, 4.69) is 10.1 Å². The van der Waals surface area contributed by atoms with Crippen molar-refractivity contribution in [3.05, 3.63) is 95.6 Å². The molecule has 1 fully saturated rings. The van der Waals surface area contributed by atoms with E-state index in [4.69, 9.17) is 0 Å². The largest absolute Gasteiger partial charge is 0.465 e. The molecule has 1 atom stereocenters. The number of anilines is 2. The summed E-state index contributed by atoms with van der Waals surface area (Å²) >= 11 is 0. The molecule has 1 aliphatic heterocycles. The van der Waals surface area contributed by atoms with Gasteiger partial charge >= 0.3 is 12.0 Å². The van der Waals surface area contributed by atoms with Gasteiger partial charge in [0.05, 0.1) is 24.8 Å². The van der Waals surface area contributed by atoms with E-state index in [1.807, 2.05) is 0 Å². The Hall–Kier alpha value is -4.60. The Kier molecular flexibility index (Phi) is 7.57. The molecule has 1 saturated heterocycles. The van der Waals surface area contributed by atoms with Crippen LogP contribution in [0.25, 0.3) is 0 Å². The van der Waals surface area contributed by atoms with Crippen molar-refractivity contribution in [2.24, 2.45) is 0 Å². The van der Waals surface area contributed by atoms with E-state index in [1.54, 1.807) is 12.1 Å². The topological polar surface area (TPSA) is 96.0 Å². The molecule has 10 heteroatoms. The van der Waals surface area contributed by atoms with Crippen molar-refractivity contribution in [2.45, 2.75) is 18.9 Å². The number of esters is 1. The molecule has 0 aromatic heterocycles. The van der Waals surface area contributed by atoms with Crippen molar-refractivity contribution in [1.29, 1.82) is 0 Å². The number of carbonyl (C=O) groups excluding carboxylic acids is 4. The van der Waals surface area contributed by atoms with Gasteiger partial charge in [-0.25, -0.2) is 23.3 Å². The van der Waals surface area contributed by atoms with Gasteiger partial charge in [0.15, 0.2) is 0 Å². The van der Waals surface area contributed by atoms with Gasteiger partial charge in [-0.15, -0.1) is 0 Å². The van der Waals surface area contributed by atoms with Crippen LogP contribution in [0.15, 0.2) is 72.8 Å². The SMILES string of the molecule is COC(=O)c1ccc(NC(=O)C[C@H]2C(=O)N(c3ccc(F)cc3)C(=O)N2CCc2ccc(F)cc2)cc1. The third-order valence-electron chi connectivity index (χ3n) is 5.93. The summed E-state index contributed by atoms with van der Waals surface area (Å²) in [7, 11) is 1.26. The van der Waals surface area contributed by atoms with Crippen LogP contribution in [0, 0.1) is 11.6 Å². The van der Waals surface area contributed by atoms with Crippen LogP contribution in [0.2, 0.25) is 0 Å². The van der Waals surface area contributed by atoms with Gasteiger partial charge in [-0.05, 0) is 72.6 Å². The number of urea groups is 1. The maximum atomic E-state index is 13.4. The zero-order valence-electron chi connectivity index (χ0n) is 19.8. The first kappa shape index (κ1) is 25.5. The predicted molar refractivity (Wildman–Crippen MR) is 131 cm³/mol. The summed E-state index contributed by atoms with van der Waals surface area (Å²) in [5.41, 5.74) is 1.63. The number of nitrogens with zero attached hydrogens (tertiary/aromatic N) is 2. The molecule has 0 radical (unpaired) electrons. The van der Waals surface area contributed by atoms with Gasteiger partial charge in [0.2, 0.25) is 5.91 Å². The molecule has 37 heavy (non-hydrogen) atoms. The van der Waals surface area contributed by atoms with Crippen molar-refractivity contribution < 1.29 is 32.7 Å². The van der Waals surface area contributed by atoms with Gasteiger partial charge in [0.1, 0.15) is 17.7 Å². The first-order valence-electron chi connectivity index (χ1n) is 11.4. The van der Waals surface area contributed by atoms with Crippen molar-refractivity contribution in [1.82, 2.24) is 4.90 Å². The molecule has 1 N–H and O–H groups in total. The lowest BCUT2D eigenvalue weighted by atomic mass is 10.1. The second-order valence-corrected chi connectivity index (χ2v) is 8.34. The number of amides is 4. The van der Waals surface area contributed by atoms with E-state index >= 15 is 0 Å². The predicted octanol–water partition coefficient (Wildman–Crippen LogP) is 4.16. The Bertz CT molecular complexity index is 1310. The Morgan fingerprint density at radius 3 is 2.08 bits per heavy atom. The van der Waals surface area contributed by atoms with E-state index in [1.165, 1.54) is 60.5 Å². The molecule has 4 amide bonds. The Balaban J connectivity index is 1.52. The highest BCUT2D eigenvalue weighted by molar-refractivity contribution is 6.22. The highest BCUT2D eigenvalue weighted by Crippen LogP contribution is 2.28. The normalized spacial score (nSPS) is 15.2. The van der Waals surface area contributed by atoms with Crippen molar-refractivity contribution in [3.8, 4) is 0 Å². The molecular formula is C27H23F2N3O5. The number of carbonyl (C=O) groups is 4. The minimum absolute atomic E-state index is 0.0969. The lowest BCUT2D eigenvalue weighted by Crippen LogP contribution is -2.39. The molecule has 8 nitrogen and oxygen atoms in total. The molecule has 0 unspecified atom stereocenters. The smallest absolute Gasteiger partial charge is 0.337 e. The van der Waals surface area contributed by atoms with Crippen LogP contribution in [0.5, 0.6) is 0 Å². The third-order valence-corrected chi connectivity index (χ3v) is 5.93. The van der Waals surface area contributed by atoms with E-state index in [0.717, 1.165) is 22.6 Å². The molecule has 4 rings (SSSR count). The van der Waals surface area contributed by atoms with Crippen LogP contribution in [0.4, 0.5) is 25.0 Å². The molecule has 3 aromatic carbocycles. The minimum Gasteiger partial charge on any atom is -0.465 e. The van der Waals surface area contributed by atoms with Crippen molar-refractivity contribution in [3.63, 3.8) is 0 Å². The quantitative estimate of drug-likeness (QED) is 0.365. The number of nitrogens with one attached hydrogen (secondary N) is 1. The molecule has 0 bridgehead atoms. The van der Waals surface area contributed by atoms with E-state index in [0.29, 0.717) is 17.7 Å². The number of benzene rings is 3. The van der Waals surface area contributed by atoms with Gasteiger partial charge in [-0.1, -0.05) is 12.1 Å². The molecule has 1 heterocycles. The van der Waals surface area contributed by atoms with Gasteiger partial charge in [-0.2, -0.15) is 0 Å². The lowest BCUT2D eigenvalue weighted by Gasteiger charge is -2.21. The van der Waals surface area contributed by atoms with E-state index in [-0.39, 0.29) is 18.7 Å². The first-order chi connectivity index (χ1) is 17.8. The summed E-state index contributed by atoms with van der Waals surface area (Å²) in [5.74, 6) is -2.58. The molecular weight excluding hydrogens is 484 g/mol. The zero-order valence-corrected chi connectivity index (χ0v) is 19.8. The van der Waals surface area contributed by atoms with Gasteiger partial charge in [-0.3, -0.25) is 9.59 Å². The summed E-state index contributed by atoms with van der Waals surface area (Å²) in [6.45, 7) is 0.0969. The van der Waals surface area contributed by atoms with E-state index in [9.17, 15) is 28.0 Å². The fourth-order valence-corrected chi connectivity index (χ4v) is 4.01. The number of methoxy groups -OCH3 is 1. The second kappa shape index (κ2) is 11.0. The maximum Gasteiger partial charge on any atom is 0.337 e. The standard InChI is InChI=1S/C27H23F2N3O5/c1-37-26(35)18-4-10-21(11-5-18)30-24(33)16-23-25(34)32(22-12-8-20(29)9-13-22)27(36)31(23)15-14-17-2-6-19(28)7-3-17/h2-13,23H,14-16H2,1H3,(H,30,33)/t23-/m0/s1. The van der Waals surface area contributed by atoms with E-state index < -0.39 is 41.5 Å². The number of halogens is 2. The molecule has 3 aromatic rings. The van der Waals surface area contributed by atoms with Crippen LogP contribution in [0.3, 0.4) is 0 Å². The van der Waals surface area contributed by atoms with Crippen LogP contribution in [-0.4, -0.2) is 48.4 Å². The molecule has 0 saturated carbocycles. The fraction of sp³-hybridized carbons (Fsp3) is 0.185. The van der Waals surface area contributed by atoms with Gasteiger partial charge in [0, 0.05) is 12.2 Å². The highest BCUT2D eigenvalue weighted by Gasteiger charge is 2.46. The summed E-state index contributed by atoms with van der Waals surface area (Å²) in [4.78, 5) is 53.2. The van der Waals surface area contributed by atoms with Crippen molar-refractivity contribution >= 4 is 35.2 Å². The van der Waals surface area contributed by atoms with Crippen LogP contribution < -0.4 is 10.2 Å². The zero-order chi connectivity index (χ0) is 26.5. The Morgan fingerprint density at radius 1 is 0.892 bits per heavy atom. The van der Waals surface area contributed by atoms with Crippen LogP contribution >= 0.6 is 0 Å². The lowest BCUT2D eigenvalue weighted by molar-refractivity contribution is -0.124. The average molecular weight is 507 g/mol. The van der Waals surface area contributed by atoms with Gasteiger partial charge in [0.25, 0.3) is 5.91 Å². The number of hydrogen-bond acceptors (Lipinski definition) is 5. The van der Waals surface area contributed by atoms with Crippen LogP contribution in [-0.2, 0) is 20.7 Å². The maximum absolute atomic E-state index is 13.4. The molecule has 0 spiro atoms. The second-order valence-electron chi connectivity index (χ2n) is 8.34. The number of imide groups is 1. The Morgan fingerprint density at radius 2 is 1.49 bits per heavy atom. The summed E-state index contributed by atoms with van der Waals surface area (Å²) in [6, 6.07) is 14.9. The first-order valence-corrected chi connectivity index (χ1v) is 11.4. The number of ether oxygens (including phenoxy) is 1. The van der Waals surface area contributed by atoms with Crippen LogP contribution in [0.1, 0.15) is 22.3 Å². The monoisotopic (exact) mass is 507 g/mol. The Labute approximate surface area is 211 Å². The number of rotatable bonds is 8. The minimum atomic E-state index is -1.10. The average Bonchev–Trinajstić information content (AvgIpc) is 3.12. The fourth-order valence-electron chi connectivity index (χ4n) is 4.01. The summed E-state index contributed by atoms with van der Waals surface area (Å²) in [6.07, 6.45) is -0.00585. The molecule has 190 valence electrons. The summed E-state index contributed by atoms with van der Waals surface area (Å²) < 4.78 is 31.3. The highest BCUT2D eigenvalue weighted by atomic mass is 19.1. The number of hydrogen-bond donors (Lipinski definition) is 1.